The molecule has 0 fully saturated rings. The van der Waals surface area contributed by atoms with Crippen LogP contribution in [0, 0.1) is 5.41 Å². The zero-order valence-corrected chi connectivity index (χ0v) is 18.5. The molecule has 0 aliphatic carbocycles. The zero-order valence-electron chi connectivity index (χ0n) is 18.5. The average molecular weight is 377 g/mol. The lowest BCUT2D eigenvalue weighted by Crippen LogP contribution is -2.23. The minimum Gasteiger partial charge on any atom is -0.379 e. The molecular formula is C23H40N2O2. The lowest BCUT2D eigenvalue weighted by Gasteiger charge is -2.22. The van der Waals surface area contributed by atoms with Gasteiger partial charge in [-0.1, -0.05) is 39.3 Å². The van der Waals surface area contributed by atoms with Crippen LogP contribution < -0.4 is 4.90 Å². The van der Waals surface area contributed by atoms with E-state index in [0.29, 0.717) is 25.2 Å². The Morgan fingerprint density at radius 2 is 1.52 bits per heavy atom. The van der Waals surface area contributed by atoms with Gasteiger partial charge in [0.25, 0.3) is 0 Å². The van der Waals surface area contributed by atoms with Crippen LogP contribution in [0.5, 0.6) is 0 Å². The van der Waals surface area contributed by atoms with E-state index >= 15 is 0 Å². The van der Waals surface area contributed by atoms with E-state index in [9.17, 15) is 0 Å². The topological polar surface area (TPSA) is 34.1 Å². The third-order valence-corrected chi connectivity index (χ3v) is 4.76. The van der Waals surface area contributed by atoms with Crippen molar-refractivity contribution in [3.05, 3.63) is 29.8 Å². The maximum atomic E-state index is 5.70. The molecule has 1 aromatic carbocycles. The van der Waals surface area contributed by atoms with Gasteiger partial charge in [-0.25, -0.2) is 0 Å². The fraction of sp³-hybridized carbons (Fsp3) is 0.696. The normalized spacial score (nSPS) is 12.7. The summed E-state index contributed by atoms with van der Waals surface area (Å²) in [5.74, 6) is 0. The van der Waals surface area contributed by atoms with E-state index in [2.05, 4.69) is 82.7 Å². The van der Waals surface area contributed by atoms with Gasteiger partial charge in [-0.05, 0) is 50.3 Å². The highest BCUT2D eigenvalue weighted by Gasteiger charge is 2.14. The molecule has 0 spiro atoms. The van der Waals surface area contributed by atoms with Crippen molar-refractivity contribution in [2.45, 2.75) is 59.9 Å². The lowest BCUT2D eigenvalue weighted by atomic mass is 9.87. The monoisotopic (exact) mass is 376 g/mol. The molecule has 0 unspecified atom stereocenters. The first-order valence-electron chi connectivity index (χ1n) is 10.1. The summed E-state index contributed by atoms with van der Waals surface area (Å²) >= 11 is 0. The number of benzene rings is 1. The zero-order chi connectivity index (χ0) is 20.3. The van der Waals surface area contributed by atoms with Gasteiger partial charge in [0.05, 0.1) is 25.4 Å². The maximum Gasteiger partial charge on any atom is 0.0701 e. The summed E-state index contributed by atoms with van der Waals surface area (Å²) in [6, 6.07) is 8.46. The van der Waals surface area contributed by atoms with Crippen LogP contribution in [0.15, 0.2) is 29.3 Å². The van der Waals surface area contributed by atoms with Crippen LogP contribution in [0.3, 0.4) is 0 Å². The van der Waals surface area contributed by atoms with Crippen molar-refractivity contribution < 1.29 is 9.47 Å². The summed E-state index contributed by atoms with van der Waals surface area (Å²) in [6.45, 7) is 16.8. The van der Waals surface area contributed by atoms with Crippen molar-refractivity contribution in [1.29, 1.82) is 0 Å². The molecule has 0 radical (unpaired) electrons. The maximum absolute atomic E-state index is 5.70. The van der Waals surface area contributed by atoms with Gasteiger partial charge >= 0.3 is 0 Å². The largest absolute Gasteiger partial charge is 0.379 e. The highest BCUT2D eigenvalue weighted by molar-refractivity contribution is 5.80. The van der Waals surface area contributed by atoms with Crippen LogP contribution in [0.1, 0.15) is 59.9 Å². The Bertz CT molecular complexity index is 544. The van der Waals surface area contributed by atoms with E-state index in [0.717, 1.165) is 25.1 Å². The molecule has 4 heteroatoms. The second kappa shape index (κ2) is 11.5. The van der Waals surface area contributed by atoms with Crippen molar-refractivity contribution in [1.82, 2.24) is 0 Å². The minimum absolute atomic E-state index is 0.0390. The van der Waals surface area contributed by atoms with Gasteiger partial charge in [0, 0.05) is 32.1 Å². The fourth-order valence-corrected chi connectivity index (χ4v) is 2.26. The molecule has 0 N–H and O–H groups in total. The van der Waals surface area contributed by atoms with Gasteiger partial charge in [0.2, 0.25) is 0 Å². The number of rotatable bonds is 12. The molecule has 154 valence electrons. The third kappa shape index (κ3) is 11.1. The van der Waals surface area contributed by atoms with E-state index in [1.165, 1.54) is 12.1 Å². The summed E-state index contributed by atoms with van der Waals surface area (Å²) < 4.78 is 11.4. The van der Waals surface area contributed by atoms with Crippen molar-refractivity contribution in [2.75, 3.05) is 44.9 Å². The molecule has 1 aromatic rings. The smallest absolute Gasteiger partial charge is 0.0701 e. The molecule has 0 aromatic heterocycles. The van der Waals surface area contributed by atoms with E-state index in [1.54, 1.807) is 0 Å². The molecule has 0 aliphatic heterocycles. The van der Waals surface area contributed by atoms with Gasteiger partial charge in [0.15, 0.2) is 0 Å². The number of likely N-dealkylation sites (N-methyl/N-ethyl adjacent to an activating group) is 1. The Balaban J connectivity index is 2.20. The van der Waals surface area contributed by atoms with Crippen molar-refractivity contribution >= 4 is 11.9 Å². The van der Waals surface area contributed by atoms with Crippen LogP contribution in [0.25, 0.3) is 0 Å². The number of hydrogen-bond donors (Lipinski definition) is 0. The summed E-state index contributed by atoms with van der Waals surface area (Å²) in [5, 5.41) is 0. The number of nitrogens with zero attached hydrogens (tertiary/aromatic N) is 2. The molecule has 0 saturated heterocycles. The van der Waals surface area contributed by atoms with Gasteiger partial charge in [0.1, 0.15) is 0 Å². The van der Waals surface area contributed by atoms with Crippen molar-refractivity contribution in [3.63, 3.8) is 0 Å². The van der Waals surface area contributed by atoms with Crippen LogP contribution in [-0.4, -0.2) is 51.8 Å². The SMILES string of the molecule is CCC(C)(C)CCOCCOCCN(C)c1ccc(C=NC(C)(C)C)cc1. The van der Waals surface area contributed by atoms with E-state index < -0.39 is 0 Å². The van der Waals surface area contributed by atoms with Crippen LogP contribution in [-0.2, 0) is 9.47 Å². The Labute approximate surface area is 167 Å². The number of hydrogen-bond acceptors (Lipinski definition) is 4. The molecule has 0 bridgehead atoms. The lowest BCUT2D eigenvalue weighted by molar-refractivity contribution is 0.0392. The molecule has 0 amide bonds. The molecule has 1 rings (SSSR count). The molecular weight excluding hydrogens is 336 g/mol. The quantitative estimate of drug-likeness (QED) is 0.371. The molecule has 4 nitrogen and oxygen atoms in total. The second-order valence-electron chi connectivity index (χ2n) is 8.93. The first kappa shape index (κ1) is 23.6. The van der Waals surface area contributed by atoms with Crippen molar-refractivity contribution in [2.24, 2.45) is 10.4 Å². The number of anilines is 1. The summed E-state index contributed by atoms with van der Waals surface area (Å²) in [4.78, 5) is 6.74. The van der Waals surface area contributed by atoms with Crippen LogP contribution in [0.2, 0.25) is 0 Å². The second-order valence-corrected chi connectivity index (χ2v) is 8.93. The molecule has 27 heavy (non-hydrogen) atoms. The van der Waals surface area contributed by atoms with Gasteiger partial charge < -0.3 is 14.4 Å². The predicted octanol–water partition coefficient (Wildman–Crippen LogP) is 5.20. The minimum atomic E-state index is -0.0390. The molecule has 0 saturated carbocycles. The van der Waals surface area contributed by atoms with E-state index in [4.69, 9.17) is 9.47 Å². The summed E-state index contributed by atoms with van der Waals surface area (Å²) in [5.41, 5.74) is 2.65. The fourth-order valence-electron chi connectivity index (χ4n) is 2.26. The Hall–Kier alpha value is -1.39. The Morgan fingerprint density at radius 3 is 2.07 bits per heavy atom. The Morgan fingerprint density at radius 1 is 0.926 bits per heavy atom. The summed E-state index contributed by atoms with van der Waals surface area (Å²) in [6.07, 6.45) is 4.22. The first-order valence-corrected chi connectivity index (χ1v) is 10.1. The molecule has 0 atom stereocenters. The molecule has 0 heterocycles. The van der Waals surface area contributed by atoms with Crippen molar-refractivity contribution in [3.8, 4) is 0 Å². The van der Waals surface area contributed by atoms with E-state index in [1.807, 2.05) is 6.21 Å². The molecule has 0 aliphatic rings. The van der Waals surface area contributed by atoms with E-state index in [-0.39, 0.29) is 5.54 Å². The van der Waals surface area contributed by atoms with Gasteiger partial charge in [-0.15, -0.1) is 0 Å². The highest BCUT2D eigenvalue weighted by Crippen LogP contribution is 2.23. The van der Waals surface area contributed by atoms with Crippen LogP contribution in [0.4, 0.5) is 5.69 Å². The standard InChI is InChI=1S/C23H40N2O2/c1-8-23(5,6)13-15-26-17-18-27-16-14-25(7)21-11-9-20(10-12-21)19-24-22(2,3)4/h9-12,19H,8,13-18H2,1-7H3. The summed E-state index contributed by atoms with van der Waals surface area (Å²) in [7, 11) is 2.09. The number of aliphatic imine (C=N–C) groups is 1. The van der Waals surface area contributed by atoms with Crippen LogP contribution >= 0.6 is 0 Å². The van der Waals surface area contributed by atoms with Gasteiger partial charge in [-0.3, -0.25) is 4.99 Å². The average Bonchev–Trinajstić information content (AvgIpc) is 2.61. The predicted molar refractivity (Wildman–Crippen MR) is 117 cm³/mol. The first-order chi connectivity index (χ1) is 12.6. The van der Waals surface area contributed by atoms with Gasteiger partial charge in [-0.2, -0.15) is 0 Å². The third-order valence-electron chi connectivity index (χ3n) is 4.76. The number of ether oxygens (including phenoxy) is 2. The highest BCUT2D eigenvalue weighted by atomic mass is 16.5. The Kier molecular flexibility index (Phi) is 10.0.